The molecule has 0 spiro atoms. The van der Waals surface area contributed by atoms with Gasteiger partial charge in [0.25, 0.3) is 0 Å². The van der Waals surface area contributed by atoms with Gasteiger partial charge in [-0.15, -0.1) is 0 Å². The Bertz CT molecular complexity index is 418. The number of rotatable bonds is 7. The van der Waals surface area contributed by atoms with Crippen LogP contribution < -0.4 is 10.5 Å². The Labute approximate surface area is 114 Å². The zero-order valence-corrected chi connectivity index (χ0v) is 11.9. The second kappa shape index (κ2) is 7.79. The average molecular weight is 265 g/mol. The number of hydrogen-bond donors (Lipinski definition) is 1. The molecule has 0 aliphatic heterocycles. The lowest BCUT2D eigenvalue weighted by Crippen LogP contribution is -2.22. The fraction of sp³-hybridized carbons (Fsp3) is 0.533. The van der Waals surface area contributed by atoms with Crippen molar-refractivity contribution < 1.29 is 14.3 Å². The summed E-state index contributed by atoms with van der Waals surface area (Å²) in [6, 6.07) is 6.00. The van der Waals surface area contributed by atoms with Gasteiger partial charge < -0.3 is 15.2 Å². The number of ether oxygens (including phenoxy) is 2. The lowest BCUT2D eigenvalue weighted by Gasteiger charge is -2.14. The van der Waals surface area contributed by atoms with Gasteiger partial charge in [0.15, 0.2) is 6.61 Å². The Kier molecular flexibility index (Phi) is 6.36. The molecule has 0 heterocycles. The molecule has 1 unspecified atom stereocenters. The van der Waals surface area contributed by atoms with E-state index >= 15 is 0 Å². The molecule has 0 aromatic heterocycles. The number of carbonyl (C=O) groups is 1. The monoisotopic (exact) mass is 265 g/mol. The van der Waals surface area contributed by atoms with Gasteiger partial charge in [0.1, 0.15) is 5.75 Å². The van der Waals surface area contributed by atoms with Crippen molar-refractivity contribution in [2.24, 2.45) is 5.73 Å². The minimum atomic E-state index is -0.353. The summed E-state index contributed by atoms with van der Waals surface area (Å²) >= 11 is 0. The van der Waals surface area contributed by atoms with Crippen LogP contribution in [0.25, 0.3) is 0 Å². The van der Waals surface area contributed by atoms with Crippen LogP contribution in [0.1, 0.15) is 31.4 Å². The molecule has 0 amide bonds. The third-order valence-electron chi connectivity index (χ3n) is 2.87. The standard InChI is InChI=1S/C15H23NO3/c1-4-13(16)9-12-8-11(3)6-7-14(12)19-10-15(17)18-5-2/h6-8,13H,4-5,9-10,16H2,1-3H3. The number of benzene rings is 1. The largest absolute Gasteiger partial charge is 0.482 e. The number of nitrogens with two attached hydrogens (primary N) is 1. The molecule has 1 atom stereocenters. The Morgan fingerprint density at radius 3 is 2.74 bits per heavy atom. The molecule has 0 radical (unpaired) electrons. The first kappa shape index (κ1) is 15.5. The maximum Gasteiger partial charge on any atom is 0.344 e. The van der Waals surface area contributed by atoms with Crippen molar-refractivity contribution in [3.8, 4) is 5.75 Å². The smallest absolute Gasteiger partial charge is 0.344 e. The molecule has 0 saturated carbocycles. The lowest BCUT2D eigenvalue weighted by atomic mass is 10.0. The lowest BCUT2D eigenvalue weighted by molar-refractivity contribution is -0.145. The quantitative estimate of drug-likeness (QED) is 0.768. The number of hydrogen-bond acceptors (Lipinski definition) is 4. The minimum absolute atomic E-state index is 0.0642. The highest BCUT2D eigenvalue weighted by Crippen LogP contribution is 2.22. The Morgan fingerprint density at radius 1 is 1.37 bits per heavy atom. The number of carbonyl (C=O) groups excluding carboxylic acids is 1. The minimum Gasteiger partial charge on any atom is -0.482 e. The molecule has 19 heavy (non-hydrogen) atoms. The molecule has 0 aliphatic rings. The van der Waals surface area contributed by atoms with Crippen LogP contribution in [-0.2, 0) is 16.0 Å². The summed E-state index contributed by atoms with van der Waals surface area (Å²) in [7, 11) is 0. The fourth-order valence-corrected chi connectivity index (χ4v) is 1.77. The van der Waals surface area contributed by atoms with Crippen molar-refractivity contribution in [3.63, 3.8) is 0 Å². The molecule has 106 valence electrons. The van der Waals surface area contributed by atoms with Crippen LogP contribution in [0.4, 0.5) is 0 Å². The van der Waals surface area contributed by atoms with Crippen molar-refractivity contribution >= 4 is 5.97 Å². The molecule has 1 aromatic rings. The Morgan fingerprint density at radius 2 is 2.11 bits per heavy atom. The van der Waals surface area contributed by atoms with E-state index in [-0.39, 0.29) is 18.6 Å². The summed E-state index contributed by atoms with van der Waals surface area (Å²) in [6.07, 6.45) is 1.65. The highest BCUT2D eigenvalue weighted by atomic mass is 16.6. The molecule has 0 fully saturated rings. The first-order chi connectivity index (χ1) is 9.06. The molecule has 2 N–H and O–H groups in total. The summed E-state index contributed by atoms with van der Waals surface area (Å²) in [4.78, 5) is 11.3. The maximum absolute atomic E-state index is 11.3. The second-order valence-corrected chi connectivity index (χ2v) is 4.58. The van der Waals surface area contributed by atoms with Crippen LogP contribution in [0.5, 0.6) is 5.75 Å². The van der Waals surface area contributed by atoms with Gasteiger partial charge in [0.2, 0.25) is 0 Å². The molecule has 0 saturated heterocycles. The van der Waals surface area contributed by atoms with Crippen LogP contribution >= 0.6 is 0 Å². The van der Waals surface area contributed by atoms with Gasteiger partial charge in [0, 0.05) is 6.04 Å². The van der Waals surface area contributed by atoms with Crippen LogP contribution in [-0.4, -0.2) is 25.2 Å². The summed E-state index contributed by atoms with van der Waals surface area (Å²) in [6.45, 7) is 6.15. The first-order valence-corrected chi connectivity index (χ1v) is 6.70. The van der Waals surface area contributed by atoms with E-state index in [0.29, 0.717) is 12.4 Å². The molecular formula is C15H23NO3. The van der Waals surface area contributed by atoms with Gasteiger partial charge in [-0.05, 0) is 38.3 Å². The summed E-state index contributed by atoms with van der Waals surface area (Å²) in [5.74, 6) is 0.358. The van der Waals surface area contributed by atoms with Gasteiger partial charge >= 0.3 is 5.97 Å². The topological polar surface area (TPSA) is 61.5 Å². The normalized spacial score (nSPS) is 12.0. The molecule has 4 nitrogen and oxygen atoms in total. The van der Waals surface area contributed by atoms with E-state index in [9.17, 15) is 4.79 Å². The zero-order chi connectivity index (χ0) is 14.3. The Hall–Kier alpha value is -1.55. The summed E-state index contributed by atoms with van der Waals surface area (Å²) in [5, 5.41) is 0. The predicted octanol–water partition coefficient (Wildman–Crippen LogP) is 2.22. The molecule has 1 rings (SSSR count). The third-order valence-corrected chi connectivity index (χ3v) is 2.87. The highest BCUT2D eigenvalue weighted by Gasteiger charge is 2.10. The maximum atomic E-state index is 11.3. The van der Waals surface area contributed by atoms with Crippen LogP contribution in [0, 0.1) is 6.92 Å². The van der Waals surface area contributed by atoms with Crippen LogP contribution in [0.3, 0.4) is 0 Å². The predicted molar refractivity (Wildman–Crippen MR) is 75.3 cm³/mol. The molecule has 4 heteroatoms. The molecule has 1 aromatic carbocycles. The van der Waals surface area contributed by atoms with Crippen molar-refractivity contribution in [2.45, 2.75) is 39.7 Å². The number of aryl methyl sites for hydroxylation is 1. The van der Waals surface area contributed by atoms with Crippen molar-refractivity contribution in [3.05, 3.63) is 29.3 Å². The first-order valence-electron chi connectivity index (χ1n) is 6.70. The van der Waals surface area contributed by atoms with E-state index in [1.54, 1.807) is 6.92 Å². The van der Waals surface area contributed by atoms with Crippen molar-refractivity contribution in [1.82, 2.24) is 0 Å². The van der Waals surface area contributed by atoms with Crippen LogP contribution in [0.2, 0.25) is 0 Å². The SMILES string of the molecule is CCOC(=O)COc1ccc(C)cc1CC(N)CC. The molecule has 0 aliphatic carbocycles. The number of esters is 1. The second-order valence-electron chi connectivity index (χ2n) is 4.58. The van der Waals surface area contributed by atoms with Crippen molar-refractivity contribution in [2.75, 3.05) is 13.2 Å². The fourth-order valence-electron chi connectivity index (χ4n) is 1.77. The van der Waals surface area contributed by atoms with E-state index in [2.05, 4.69) is 13.0 Å². The summed E-state index contributed by atoms with van der Waals surface area (Å²) in [5.41, 5.74) is 8.18. The van der Waals surface area contributed by atoms with E-state index in [1.807, 2.05) is 19.1 Å². The van der Waals surface area contributed by atoms with Gasteiger partial charge in [-0.2, -0.15) is 0 Å². The van der Waals surface area contributed by atoms with Gasteiger partial charge in [-0.3, -0.25) is 0 Å². The molecular weight excluding hydrogens is 242 g/mol. The third kappa shape index (κ3) is 5.30. The van der Waals surface area contributed by atoms with E-state index in [0.717, 1.165) is 24.0 Å². The van der Waals surface area contributed by atoms with Gasteiger partial charge in [-0.25, -0.2) is 4.79 Å². The van der Waals surface area contributed by atoms with Gasteiger partial charge in [0.05, 0.1) is 6.61 Å². The van der Waals surface area contributed by atoms with Gasteiger partial charge in [-0.1, -0.05) is 24.6 Å². The van der Waals surface area contributed by atoms with Crippen molar-refractivity contribution in [1.29, 1.82) is 0 Å². The van der Waals surface area contributed by atoms with E-state index in [1.165, 1.54) is 0 Å². The van der Waals surface area contributed by atoms with Crippen LogP contribution in [0.15, 0.2) is 18.2 Å². The Balaban J connectivity index is 2.73. The summed E-state index contributed by atoms with van der Waals surface area (Å²) < 4.78 is 10.4. The van der Waals surface area contributed by atoms with E-state index in [4.69, 9.17) is 15.2 Å². The molecule has 0 bridgehead atoms. The highest BCUT2D eigenvalue weighted by molar-refractivity contribution is 5.71. The van der Waals surface area contributed by atoms with E-state index < -0.39 is 0 Å². The zero-order valence-electron chi connectivity index (χ0n) is 11.9. The average Bonchev–Trinajstić information content (AvgIpc) is 2.38.